The molecule has 0 bridgehead atoms. The Labute approximate surface area is 89.4 Å². The van der Waals surface area contributed by atoms with Gasteiger partial charge in [-0.15, -0.1) is 0 Å². The van der Waals surface area contributed by atoms with Gasteiger partial charge in [-0.05, 0) is 31.0 Å². The van der Waals surface area contributed by atoms with Crippen molar-refractivity contribution < 1.29 is 9.13 Å². The van der Waals surface area contributed by atoms with Crippen LogP contribution in [-0.4, -0.2) is 25.3 Å². The quantitative estimate of drug-likeness (QED) is 0.801. The van der Waals surface area contributed by atoms with Crippen LogP contribution in [0.3, 0.4) is 0 Å². The predicted octanol–water partition coefficient (Wildman–Crippen LogP) is 1.75. The van der Waals surface area contributed by atoms with Gasteiger partial charge in [0, 0.05) is 13.1 Å². The molecule has 15 heavy (non-hydrogen) atoms. The lowest BCUT2D eigenvalue weighted by Crippen LogP contribution is -2.44. The summed E-state index contributed by atoms with van der Waals surface area (Å²) in [5.41, 5.74) is 0.996. The number of morpholine rings is 1. The molecule has 0 radical (unpaired) electrons. The van der Waals surface area contributed by atoms with Gasteiger partial charge >= 0.3 is 0 Å². The van der Waals surface area contributed by atoms with Gasteiger partial charge in [-0.3, -0.25) is 0 Å². The number of hydrogen-bond acceptors (Lipinski definition) is 2. The van der Waals surface area contributed by atoms with Crippen LogP contribution in [0.15, 0.2) is 24.3 Å². The van der Waals surface area contributed by atoms with Crippen molar-refractivity contribution in [2.24, 2.45) is 0 Å². The molecule has 1 aliphatic heterocycles. The molecule has 1 heterocycles. The molecule has 0 aromatic heterocycles. The predicted molar refractivity (Wildman–Crippen MR) is 57.3 cm³/mol. The summed E-state index contributed by atoms with van der Waals surface area (Å²) in [6, 6.07) is 6.71. The number of benzene rings is 1. The second-order valence-corrected chi connectivity index (χ2v) is 4.06. The summed E-state index contributed by atoms with van der Waals surface area (Å²) in [5, 5.41) is 3.30. The number of ether oxygens (including phenoxy) is 1. The largest absolute Gasteiger partial charge is 0.372 e. The Hall–Kier alpha value is -0.930. The number of hydrogen-bond donors (Lipinski definition) is 1. The van der Waals surface area contributed by atoms with E-state index in [0.29, 0.717) is 0 Å². The molecular weight excluding hydrogens is 193 g/mol. The van der Waals surface area contributed by atoms with Gasteiger partial charge in [0.25, 0.3) is 0 Å². The Balaban J connectivity index is 1.96. The lowest BCUT2D eigenvalue weighted by Gasteiger charge is -2.28. The maximum atomic E-state index is 12.9. The highest BCUT2D eigenvalue weighted by Gasteiger charge is 2.18. The summed E-state index contributed by atoms with van der Waals surface area (Å²) in [4.78, 5) is 0. The average Bonchev–Trinajstić information content (AvgIpc) is 2.17. The van der Waals surface area contributed by atoms with Crippen molar-refractivity contribution in [3.05, 3.63) is 35.6 Å². The van der Waals surface area contributed by atoms with Crippen LogP contribution in [0.5, 0.6) is 0 Å². The molecular formula is C12H16FNO. The molecule has 0 amide bonds. The van der Waals surface area contributed by atoms with E-state index in [1.54, 1.807) is 12.1 Å². The van der Waals surface area contributed by atoms with Crippen molar-refractivity contribution in [2.75, 3.05) is 13.1 Å². The monoisotopic (exact) mass is 209 g/mol. The fourth-order valence-corrected chi connectivity index (χ4v) is 1.92. The summed E-state index contributed by atoms with van der Waals surface area (Å²) < 4.78 is 18.7. The highest BCUT2D eigenvalue weighted by Crippen LogP contribution is 2.11. The first-order valence-corrected chi connectivity index (χ1v) is 5.34. The van der Waals surface area contributed by atoms with E-state index >= 15 is 0 Å². The molecule has 2 unspecified atom stereocenters. The standard InChI is InChI=1S/C12H16FNO/c1-9-7-14-8-12(15-9)6-10-3-2-4-11(13)5-10/h2-5,9,12,14H,6-8H2,1H3. The molecule has 82 valence electrons. The number of halogens is 1. The lowest BCUT2D eigenvalue weighted by molar-refractivity contribution is -0.0262. The van der Waals surface area contributed by atoms with Crippen LogP contribution in [0.4, 0.5) is 4.39 Å². The zero-order chi connectivity index (χ0) is 10.7. The normalized spacial score (nSPS) is 26.5. The zero-order valence-corrected chi connectivity index (χ0v) is 8.87. The maximum absolute atomic E-state index is 12.9. The summed E-state index contributed by atoms with van der Waals surface area (Å²) in [5.74, 6) is -0.177. The topological polar surface area (TPSA) is 21.3 Å². The summed E-state index contributed by atoms with van der Waals surface area (Å²) in [7, 11) is 0. The lowest BCUT2D eigenvalue weighted by atomic mass is 10.1. The van der Waals surface area contributed by atoms with Crippen LogP contribution in [0.25, 0.3) is 0 Å². The second-order valence-electron chi connectivity index (χ2n) is 4.06. The van der Waals surface area contributed by atoms with Crippen LogP contribution in [0.1, 0.15) is 12.5 Å². The first-order chi connectivity index (χ1) is 7.24. The molecule has 1 aromatic carbocycles. The summed E-state index contributed by atoms with van der Waals surface area (Å²) >= 11 is 0. The molecule has 1 aliphatic rings. The van der Waals surface area contributed by atoms with Gasteiger partial charge in [-0.1, -0.05) is 12.1 Å². The van der Waals surface area contributed by atoms with Gasteiger partial charge in [-0.25, -0.2) is 4.39 Å². The van der Waals surface area contributed by atoms with E-state index in [0.717, 1.165) is 25.1 Å². The fourth-order valence-electron chi connectivity index (χ4n) is 1.92. The van der Waals surface area contributed by atoms with Crippen molar-refractivity contribution in [1.82, 2.24) is 5.32 Å². The summed E-state index contributed by atoms with van der Waals surface area (Å²) in [6.45, 7) is 3.80. The molecule has 1 saturated heterocycles. The van der Waals surface area contributed by atoms with Crippen LogP contribution >= 0.6 is 0 Å². The molecule has 0 aliphatic carbocycles. The third-order valence-electron chi connectivity index (χ3n) is 2.58. The highest BCUT2D eigenvalue weighted by atomic mass is 19.1. The van der Waals surface area contributed by atoms with Crippen molar-refractivity contribution in [2.45, 2.75) is 25.6 Å². The van der Waals surface area contributed by atoms with Gasteiger partial charge in [0.05, 0.1) is 12.2 Å². The molecule has 1 N–H and O–H groups in total. The van der Waals surface area contributed by atoms with Gasteiger partial charge in [0.2, 0.25) is 0 Å². The van der Waals surface area contributed by atoms with Crippen molar-refractivity contribution in [3.63, 3.8) is 0 Å². The minimum Gasteiger partial charge on any atom is -0.372 e. The minimum absolute atomic E-state index is 0.163. The van der Waals surface area contributed by atoms with Gasteiger partial charge in [0.15, 0.2) is 0 Å². The Bertz CT molecular complexity index is 329. The SMILES string of the molecule is CC1CNCC(Cc2cccc(F)c2)O1. The van der Waals surface area contributed by atoms with E-state index in [1.165, 1.54) is 6.07 Å². The zero-order valence-electron chi connectivity index (χ0n) is 8.87. The van der Waals surface area contributed by atoms with Gasteiger partial charge < -0.3 is 10.1 Å². The molecule has 1 aromatic rings. The van der Waals surface area contributed by atoms with E-state index < -0.39 is 0 Å². The summed E-state index contributed by atoms with van der Waals surface area (Å²) in [6.07, 6.45) is 1.18. The first-order valence-electron chi connectivity index (χ1n) is 5.34. The van der Waals surface area contributed by atoms with E-state index in [-0.39, 0.29) is 18.0 Å². The third-order valence-corrected chi connectivity index (χ3v) is 2.58. The average molecular weight is 209 g/mol. The number of nitrogens with one attached hydrogen (secondary N) is 1. The minimum atomic E-state index is -0.177. The smallest absolute Gasteiger partial charge is 0.123 e. The maximum Gasteiger partial charge on any atom is 0.123 e. The van der Waals surface area contributed by atoms with Crippen molar-refractivity contribution >= 4 is 0 Å². The van der Waals surface area contributed by atoms with E-state index in [4.69, 9.17) is 4.74 Å². The van der Waals surface area contributed by atoms with Crippen molar-refractivity contribution in [1.29, 1.82) is 0 Å². The molecule has 2 rings (SSSR count). The van der Waals surface area contributed by atoms with Gasteiger partial charge in [-0.2, -0.15) is 0 Å². The highest BCUT2D eigenvalue weighted by molar-refractivity contribution is 5.17. The van der Waals surface area contributed by atoms with Crippen LogP contribution in [0.2, 0.25) is 0 Å². The van der Waals surface area contributed by atoms with Gasteiger partial charge in [0.1, 0.15) is 5.82 Å². The van der Waals surface area contributed by atoms with Crippen LogP contribution in [-0.2, 0) is 11.2 Å². The Kier molecular flexibility index (Phi) is 3.34. The van der Waals surface area contributed by atoms with Crippen LogP contribution < -0.4 is 5.32 Å². The fraction of sp³-hybridized carbons (Fsp3) is 0.500. The number of rotatable bonds is 2. The molecule has 0 saturated carbocycles. The van der Waals surface area contributed by atoms with Crippen LogP contribution in [0, 0.1) is 5.82 Å². The van der Waals surface area contributed by atoms with E-state index in [9.17, 15) is 4.39 Å². The Morgan fingerprint density at radius 2 is 2.33 bits per heavy atom. The van der Waals surface area contributed by atoms with E-state index in [1.807, 2.05) is 13.0 Å². The Morgan fingerprint density at radius 3 is 3.07 bits per heavy atom. The third kappa shape index (κ3) is 3.01. The Morgan fingerprint density at radius 1 is 1.47 bits per heavy atom. The molecule has 0 spiro atoms. The second kappa shape index (κ2) is 4.73. The molecule has 2 nitrogen and oxygen atoms in total. The van der Waals surface area contributed by atoms with Crippen molar-refractivity contribution in [3.8, 4) is 0 Å². The first kappa shape index (κ1) is 10.6. The molecule has 2 atom stereocenters. The molecule has 1 fully saturated rings. The van der Waals surface area contributed by atoms with E-state index in [2.05, 4.69) is 5.32 Å². The molecule has 3 heteroatoms.